The van der Waals surface area contributed by atoms with Gasteiger partial charge in [0.05, 0.1) is 0 Å². The van der Waals surface area contributed by atoms with Gasteiger partial charge in [-0.15, -0.1) is 0 Å². The van der Waals surface area contributed by atoms with Crippen LogP contribution in [-0.4, -0.2) is 25.7 Å². The van der Waals surface area contributed by atoms with Gasteiger partial charge in [-0.05, 0) is 48.3 Å². The highest BCUT2D eigenvalue weighted by Gasteiger charge is 2.15. The number of anilines is 1. The second-order valence-corrected chi connectivity index (χ2v) is 6.32. The van der Waals surface area contributed by atoms with Crippen molar-refractivity contribution in [3.05, 3.63) is 41.5 Å². The molecule has 0 bridgehead atoms. The zero-order valence-electron chi connectivity index (χ0n) is 14.5. The number of rotatable bonds is 8. The summed E-state index contributed by atoms with van der Waals surface area (Å²) in [7, 11) is 0. The van der Waals surface area contributed by atoms with E-state index in [4.69, 9.17) is 10.5 Å². The minimum absolute atomic E-state index is 0.474. The highest BCUT2D eigenvalue weighted by atomic mass is 16.5. The maximum Gasteiger partial charge on any atom is 0.193 e. The van der Waals surface area contributed by atoms with Crippen molar-refractivity contribution in [1.82, 2.24) is 0 Å². The van der Waals surface area contributed by atoms with Crippen LogP contribution in [0, 0.1) is 0 Å². The lowest BCUT2D eigenvalue weighted by Gasteiger charge is -2.11. The maximum atomic E-state index is 6.05. The van der Waals surface area contributed by atoms with Crippen LogP contribution in [0.2, 0.25) is 0 Å². The first-order valence-electron chi connectivity index (χ1n) is 8.97. The Kier molecular flexibility index (Phi) is 5.70. The number of hydrogen-bond acceptors (Lipinski definition) is 2. The van der Waals surface area contributed by atoms with Crippen molar-refractivity contribution in [3.63, 3.8) is 0 Å². The number of nitrogens with zero attached hydrogens (tertiary/aromatic N) is 1. The van der Waals surface area contributed by atoms with E-state index in [1.165, 1.54) is 28.3 Å². The Balaban J connectivity index is 1.58. The molecule has 0 saturated heterocycles. The van der Waals surface area contributed by atoms with Crippen molar-refractivity contribution in [3.8, 4) is 0 Å². The largest absolute Gasteiger partial charge is 0.381 e. The van der Waals surface area contributed by atoms with Crippen molar-refractivity contribution in [2.24, 2.45) is 10.7 Å². The predicted molar refractivity (Wildman–Crippen MR) is 102 cm³/mol. The van der Waals surface area contributed by atoms with E-state index in [9.17, 15) is 0 Å². The Morgan fingerprint density at radius 3 is 2.75 bits per heavy atom. The number of unbranched alkanes of at least 4 members (excludes halogenated alkanes) is 1. The quantitative estimate of drug-likeness (QED) is 0.440. The molecule has 0 saturated carbocycles. The predicted octanol–water partition coefficient (Wildman–Crippen LogP) is 3.87. The van der Waals surface area contributed by atoms with Crippen molar-refractivity contribution in [2.45, 2.75) is 39.0 Å². The summed E-state index contributed by atoms with van der Waals surface area (Å²) in [6.07, 6.45) is 5.47. The van der Waals surface area contributed by atoms with Gasteiger partial charge in [-0.1, -0.05) is 37.6 Å². The van der Waals surface area contributed by atoms with Crippen molar-refractivity contribution >= 4 is 22.4 Å². The molecule has 0 unspecified atom stereocenters. The molecular weight excluding hydrogens is 298 g/mol. The molecule has 24 heavy (non-hydrogen) atoms. The summed E-state index contributed by atoms with van der Waals surface area (Å²) in [5.41, 5.74) is 9.96. The van der Waals surface area contributed by atoms with Crippen molar-refractivity contribution in [2.75, 3.05) is 25.1 Å². The van der Waals surface area contributed by atoms with Gasteiger partial charge in [0.1, 0.15) is 0 Å². The first-order valence-corrected chi connectivity index (χ1v) is 8.97. The Morgan fingerprint density at radius 1 is 1.12 bits per heavy atom. The van der Waals surface area contributed by atoms with E-state index >= 15 is 0 Å². The number of nitrogens with one attached hydrogen (secondary N) is 1. The number of aliphatic imine (C=N–C) groups is 1. The molecule has 2 aromatic rings. The van der Waals surface area contributed by atoms with Crippen LogP contribution in [-0.2, 0) is 17.6 Å². The fourth-order valence-electron chi connectivity index (χ4n) is 3.25. The number of hydrogen-bond donors (Lipinski definition) is 2. The van der Waals surface area contributed by atoms with Gasteiger partial charge in [0, 0.05) is 30.8 Å². The second-order valence-electron chi connectivity index (χ2n) is 6.32. The van der Waals surface area contributed by atoms with Crippen molar-refractivity contribution < 1.29 is 4.74 Å². The Morgan fingerprint density at radius 2 is 1.92 bits per heavy atom. The summed E-state index contributed by atoms with van der Waals surface area (Å²) in [4.78, 5) is 4.41. The normalized spacial score (nSPS) is 13.6. The topological polar surface area (TPSA) is 59.6 Å². The van der Waals surface area contributed by atoms with Gasteiger partial charge in [-0.2, -0.15) is 0 Å². The van der Waals surface area contributed by atoms with Crippen LogP contribution in [0.15, 0.2) is 35.3 Å². The molecule has 4 heteroatoms. The molecule has 0 amide bonds. The van der Waals surface area contributed by atoms with Crippen LogP contribution in [0.5, 0.6) is 0 Å². The average Bonchev–Trinajstić information content (AvgIpc) is 3.01. The van der Waals surface area contributed by atoms with Gasteiger partial charge >= 0.3 is 0 Å². The fraction of sp³-hybridized carbons (Fsp3) is 0.450. The Hall–Kier alpha value is -2.07. The van der Waals surface area contributed by atoms with Crippen LogP contribution < -0.4 is 11.1 Å². The number of nitrogens with two attached hydrogens (primary N) is 1. The van der Waals surface area contributed by atoms with Crippen molar-refractivity contribution in [1.29, 1.82) is 0 Å². The summed E-state index contributed by atoms with van der Waals surface area (Å²) in [5, 5.41) is 5.89. The summed E-state index contributed by atoms with van der Waals surface area (Å²) in [5.74, 6) is 0.474. The lowest BCUT2D eigenvalue weighted by molar-refractivity contribution is 0.130. The standard InChI is InChI=1S/C20H27N3O/c1-2-3-13-24-14-5-12-22-20(21)23-18-11-10-16-9-8-15-6-4-7-17(18)19(15)16/h4,6-7,10-11H,2-3,5,8-9,12-14H2,1H3,(H3,21,22,23). The SMILES string of the molecule is CCCCOCCCN=C(N)Nc1ccc2c3c(cccc13)CC2. The second kappa shape index (κ2) is 8.15. The third-order valence-corrected chi connectivity index (χ3v) is 4.51. The molecule has 1 aliphatic rings. The number of aryl methyl sites for hydroxylation is 2. The summed E-state index contributed by atoms with van der Waals surface area (Å²) in [6, 6.07) is 10.8. The molecular formula is C20H27N3O. The smallest absolute Gasteiger partial charge is 0.193 e. The monoisotopic (exact) mass is 325 g/mol. The van der Waals surface area contributed by atoms with E-state index in [-0.39, 0.29) is 0 Å². The Bertz CT molecular complexity index is 714. The molecule has 0 fully saturated rings. The van der Waals surface area contributed by atoms with Crippen LogP contribution >= 0.6 is 0 Å². The molecule has 0 aromatic heterocycles. The summed E-state index contributed by atoms with van der Waals surface area (Å²) in [6.45, 7) is 4.44. The van der Waals surface area contributed by atoms with Crippen LogP contribution in [0.25, 0.3) is 10.8 Å². The summed E-state index contributed by atoms with van der Waals surface area (Å²) >= 11 is 0. The average molecular weight is 325 g/mol. The van der Waals surface area contributed by atoms with Gasteiger partial charge in [0.2, 0.25) is 0 Å². The lowest BCUT2D eigenvalue weighted by atomic mass is 10.0. The molecule has 0 atom stereocenters. The number of ether oxygens (including phenoxy) is 1. The van der Waals surface area contributed by atoms with E-state index in [1.54, 1.807) is 0 Å². The number of benzene rings is 2. The van der Waals surface area contributed by atoms with E-state index in [0.29, 0.717) is 12.5 Å². The zero-order chi connectivity index (χ0) is 16.8. The maximum absolute atomic E-state index is 6.05. The van der Waals surface area contributed by atoms with E-state index in [1.807, 2.05) is 0 Å². The van der Waals surface area contributed by atoms with Gasteiger partial charge in [-0.3, -0.25) is 4.99 Å². The van der Waals surface area contributed by atoms with Gasteiger partial charge < -0.3 is 15.8 Å². The molecule has 4 nitrogen and oxygen atoms in total. The van der Waals surface area contributed by atoms with E-state index < -0.39 is 0 Å². The molecule has 128 valence electrons. The van der Waals surface area contributed by atoms with Gasteiger partial charge in [-0.25, -0.2) is 0 Å². The fourth-order valence-corrected chi connectivity index (χ4v) is 3.25. The lowest BCUT2D eigenvalue weighted by Crippen LogP contribution is -2.23. The van der Waals surface area contributed by atoms with Gasteiger partial charge in [0.25, 0.3) is 0 Å². The minimum Gasteiger partial charge on any atom is -0.381 e. The molecule has 3 N–H and O–H groups in total. The molecule has 3 rings (SSSR count). The highest BCUT2D eigenvalue weighted by molar-refractivity contribution is 6.05. The van der Waals surface area contributed by atoms with E-state index in [2.05, 4.69) is 47.6 Å². The van der Waals surface area contributed by atoms with Crippen LogP contribution in [0.1, 0.15) is 37.3 Å². The first kappa shape index (κ1) is 16.8. The third kappa shape index (κ3) is 3.88. The molecule has 0 heterocycles. The molecule has 1 aliphatic carbocycles. The number of guanidine groups is 1. The molecule has 2 aromatic carbocycles. The third-order valence-electron chi connectivity index (χ3n) is 4.51. The molecule has 0 aliphatic heterocycles. The van der Waals surface area contributed by atoms with Crippen LogP contribution in [0.4, 0.5) is 5.69 Å². The van der Waals surface area contributed by atoms with Gasteiger partial charge in [0.15, 0.2) is 5.96 Å². The molecule has 0 spiro atoms. The van der Waals surface area contributed by atoms with E-state index in [0.717, 1.165) is 44.6 Å². The first-order chi connectivity index (χ1) is 11.8. The summed E-state index contributed by atoms with van der Waals surface area (Å²) < 4.78 is 5.53. The highest BCUT2D eigenvalue weighted by Crippen LogP contribution is 2.34. The van der Waals surface area contributed by atoms with Crippen LogP contribution in [0.3, 0.4) is 0 Å². The zero-order valence-corrected chi connectivity index (χ0v) is 14.5. The minimum atomic E-state index is 0.474. The molecule has 0 radical (unpaired) electrons. The Labute approximate surface area is 144 Å².